The number of aromatic nitrogens is 5. The summed E-state index contributed by atoms with van der Waals surface area (Å²) in [4.78, 5) is 17.0. The summed E-state index contributed by atoms with van der Waals surface area (Å²) in [7, 11) is 0. The van der Waals surface area contributed by atoms with E-state index >= 15 is 0 Å². The van der Waals surface area contributed by atoms with E-state index in [9.17, 15) is 4.79 Å². The van der Waals surface area contributed by atoms with Crippen molar-refractivity contribution in [2.75, 3.05) is 0 Å². The normalized spacial score (nSPS) is 14.1. The fourth-order valence-corrected chi connectivity index (χ4v) is 3.43. The zero-order valence-corrected chi connectivity index (χ0v) is 15.3. The molecule has 0 radical (unpaired) electrons. The lowest BCUT2D eigenvalue weighted by Gasteiger charge is -2.08. The molecule has 1 aliphatic rings. The zero-order valence-electron chi connectivity index (χ0n) is 15.3. The van der Waals surface area contributed by atoms with Crippen molar-refractivity contribution in [3.8, 4) is 11.4 Å². The summed E-state index contributed by atoms with van der Waals surface area (Å²) in [5.41, 5.74) is 10.3. The van der Waals surface area contributed by atoms with Gasteiger partial charge in [-0.25, -0.2) is 9.67 Å². The second kappa shape index (κ2) is 7.32. The first-order chi connectivity index (χ1) is 13.1. The second-order valence-electron chi connectivity index (χ2n) is 6.86. The molecule has 0 fully saturated rings. The molecular formula is C19H23N7O. The number of H-pyrrole nitrogens is 1. The highest BCUT2D eigenvalue weighted by molar-refractivity contribution is 5.75. The van der Waals surface area contributed by atoms with E-state index in [0.29, 0.717) is 18.2 Å². The molecule has 8 nitrogen and oxygen atoms in total. The average molecular weight is 365 g/mol. The molecule has 140 valence electrons. The van der Waals surface area contributed by atoms with Gasteiger partial charge in [0.1, 0.15) is 12.4 Å². The summed E-state index contributed by atoms with van der Waals surface area (Å²) in [6, 6.07) is 9.34. The lowest BCUT2D eigenvalue weighted by molar-refractivity contribution is -0.122. The number of aromatic amines is 1. The Bertz CT molecular complexity index is 942. The number of nitrogens with zero attached hydrogens (tertiary/aromatic N) is 4. The zero-order chi connectivity index (χ0) is 18.8. The second-order valence-corrected chi connectivity index (χ2v) is 6.86. The Hall–Kier alpha value is -3.00. The Balaban J connectivity index is 1.46. The van der Waals surface area contributed by atoms with Gasteiger partial charge in [-0.05, 0) is 31.7 Å². The van der Waals surface area contributed by atoms with Crippen LogP contribution < -0.4 is 11.1 Å². The Morgan fingerprint density at radius 1 is 1.33 bits per heavy atom. The third kappa shape index (κ3) is 3.61. The van der Waals surface area contributed by atoms with Crippen LogP contribution in [0.1, 0.15) is 42.2 Å². The average Bonchev–Trinajstić information content (AvgIpc) is 3.37. The fourth-order valence-electron chi connectivity index (χ4n) is 3.43. The molecule has 4 rings (SSSR count). The number of amides is 1. The quantitative estimate of drug-likeness (QED) is 0.612. The Labute approximate surface area is 157 Å². The molecule has 2 aromatic heterocycles. The van der Waals surface area contributed by atoms with Crippen molar-refractivity contribution >= 4 is 5.91 Å². The van der Waals surface area contributed by atoms with Crippen LogP contribution in [0.3, 0.4) is 0 Å². The van der Waals surface area contributed by atoms with E-state index in [-0.39, 0.29) is 18.5 Å². The lowest BCUT2D eigenvalue weighted by atomic mass is 10.2. The number of nitrogens with one attached hydrogen (secondary N) is 2. The topological polar surface area (TPSA) is 115 Å². The van der Waals surface area contributed by atoms with Crippen LogP contribution in [0.5, 0.6) is 0 Å². The van der Waals surface area contributed by atoms with Crippen LogP contribution >= 0.6 is 0 Å². The van der Waals surface area contributed by atoms with Gasteiger partial charge in [-0.15, -0.1) is 0 Å². The summed E-state index contributed by atoms with van der Waals surface area (Å²) in [5.74, 6) is 1.02. The molecule has 0 saturated carbocycles. The minimum absolute atomic E-state index is 0.0727. The van der Waals surface area contributed by atoms with Crippen LogP contribution in [0, 0.1) is 0 Å². The molecular weight excluding hydrogens is 342 g/mol. The number of nitrogens with two attached hydrogens (primary N) is 1. The third-order valence-electron chi connectivity index (χ3n) is 4.78. The first-order valence-corrected chi connectivity index (χ1v) is 9.19. The summed E-state index contributed by atoms with van der Waals surface area (Å²) in [6.45, 7) is 2.32. The number of carbonyl (C=O) groups is 1. The number of rotatable bonds is 6. The van der Waals surface area contributed by atoms with E-state index in [1.54, 1.807) is 4.68 Å². The van der Waals surface area contributed by atoms with Gasteiger partial charge in [0.25, 0.3) is 0 Å². The predicted octanol–water partition coefficient (Wildman–Crippen LogP) is 1.49. The third-order valence-corrected chi connectivity index (χ3v) is 4.78. The largest absolute Gasteiger partial charge is 0.349 e. The van der Waals surface area contributed by atoms with E-state index in [0.717, 1.165) is 30.5 Å². The van der Waals surface area contributed by atoms with Crippen molar-refractivity contribution in [1.82, 2.24) is 30.3 Å². The van der Waals surface area contributed by atoms with E-state index < -0.39 is 0 Å². The minimum Gasteiger partial charge on any atom is -0.349 e. The molecule has 1 atom stereocenters. The molecule has 1 aliphatic carbocycles. The minimum atomic E-state index is -0.322. The molecule has 0 unspecified atom stereocenters. The number of hydrogen-bond acceptors (Lipinski definition) is 5. The van der Waals surface area contributed by atoms with Crippen LogP contribution in [0.4, 0.5) is 0 Å². The molecule has 0 bridgehead atoms. The molecule has 3 aromatic rings. The van der Waals surface area contributed by atoms with E-state index in [2.05, 4.69) is 25.6 Å². The smallest absolute Gasteiger partial charge is 0.242 e. The highest BCUT2D eigenvalue weighted by Gasteiger charge is 2.20. The van der Waals surface area contributed by atoms with E-state index in [1.807, 2.05) is 37.3 Å². The van der Waals surface area contributed by atoms with Crippen LogP contribution in [0.2, 0.25) is 0 Å². The number of hydrogen-bond donors (Lipinski definition) is 3. The number of aryl methyl sites for hydroxylation is 1. The highest BCUT2D eigenvalue weighted by Crippen LogP contribution is 2.22. The van der Waals surface area contributed by atoms with Crippen molar-refractivity contribution in [2.24, 2.45) is 5.73 Å². The van der Waals surface area contributed by atoms with Crippen molar-refractivity contribution < 1.29 is 4.79 Å². The maximum absolute atomic E-state index is 12.4. The Morgan fingerprint density at radius 3 is 2.93 bits per heavy atom. The molecule has 4 N–H and O–H groups in total. The number of fused-ring (bicyclic) bond motifs is 1. The van der Waals surface area contributed by atoms with Gasteiger partial charge < -0.3 is 11.1 Å². The van der Waals surface area contributed by atoms with E-state index in [4.69, 9.17) is 5.73 Å². The van der Waals surface area contributed by atoms with Crippen molar-refractivity contribution in [2.45, 2.75) is 45.3 Å². The van der Waals surface area contributed by atoms with Crippen molar-refractivity contribution in [1.29, 1.82) is 0 Å². The molecule has 1 aromatic carbocycles. The first-order valence-electron chi connectivity index (χ1n) is 9.19. The van der Waals surface area contributed by atoms with Crippen LogP contribution in [-0.4, -0.2) is 30.9 Å². The lowest BCUT2D eigenvalue weighted by Crippen LogP contribution is -2.29. The van der Waals surface area contributed by atoms with Crippen LogP contribution in [-0.2, 0) is 30.7 Å². The van der Waals surface area contributed by atoms with Gasteiger partial charge in [-0.1, -0.05) is 30.3 Å². The Morgan fingerprint density at radius 2 is 2.15 bits per heavy atom. The van der Waals surface area contributed by atoms with Crippen LogP contribution in [0.15, 0.2) is 30.3 Å². The van der Waals surface area contributed by atoms with Crippen molar-refractivity contribution in [3.05, 3.63) is 53.1 Å². The molecule has 1 amide bonds. The summed E-state index contributed by atoms with van der Waals surface area (Å²) < 4.78 is 1.58. The maximum atomic E-state index is 12.4. The van der Waals surface area contributed by atoms with Gasteiger partial charge in [0.05, 0.1) is 18.3 Å². The van der Waals surface area contributed by atoms with Crippen LogP contribution in [0.25, 0.3) is 11.4 Å². The van der Waals surface area contributed by atoms with E-state index in [1.165, 1.54) is 11.3 Å². The number of carbonyl (C=O) groups excluding carboxylic acids is 1. The molecule has 2 heterocycles. The monoisotopic (exact) mass is 365 g/mol. The van der Waals surface area contributed by atoms with Gasteiger partial charge >= 0.3 is 0 Å². The molecule has 27 heavy (non-hydrogen) atoms. The van der Waals surface area contributed by atoms with Gasteiger partial charge in [0, 0.05) is 11.3 Å². The molecule has 0 saturated heterocycles. The molecule has 8 heteroatoms. The summed E-state index contributed by atoms with van der Waals surface area (Å²) in [5, 5.41) is 14.8. The molecule has 0 spiro atoms. The Kier molecular flexibility index (Phi) is 4.72. The fraction of sp³-hybridized carbons (Fsp3) is 0.368. The summed E-state index contributed by atoms with van der Waals surface area (Å²) in [6.07, 6.45) is 3.20. The van der Waals surface area contributed by atoms with Gasteiger partial charge in [0.2, 0.25) is 5.91 Å². The first kappa shape index (κ1) is 17.4. The number of benzene rings is 1. The maximum Gasteiger partial charge on any atom is 0.242 e. The van der Waals surface area contributed by atoms with Gasteiger partial charge in [0.15, 0.2) is 5.82 Å². The predicted molar refractivity (Wildman–Crippen MR) is 101 cm³/mol. The van der Waals surface area contributed by atoms with Gasteiger partial charge in [-0.2, -0.15) is 10.2 Å². The van der Waals surface area contributed by atoms with Crippen molar-refractivity contribution in [3.63, 3.8) is 0 Å². The van der Waals surface area contributed by atoms with Gasteiger partial charge in [-0.3, -0.25) is 9.89 Å². The summed E-state index contributed by atoms with van der Waals surface area (Å²) >= 11 is 0. The SMILES string of the molecule is C[C@H](N)c1nc(-c2ccccc2)nn1CC(=O)NCc1n[nH]c2c1CCC2. The standard InChI is InChI=1S/C19H23N7O/c1-12(20)19-22-18(13-6-3-2-4-7-13)25-26(19)11-17(27)21-10-16-14-8-5-9-15(14)23-24-16/h2-4,6-7,12H,5,8-11,20H2,1H3,(H,21,27)(H,23,24)/t12-/m0/s1. The highest BCUT2D eigenvalue weighted by atomic mass is 16.2. The molecule has 0 aliphatic heterocycles.